The van der Waals surface area contributed by atoms with Crippen LogP contribution in [-0.2, 0) is 4.79 Å². The first-order chi connectivity index (χ1) is 10.2. The number of nitrogens with one attached hydrogen (secondary N) is 3. The minimum Gasteiger partial charge on any atom is -0.332 e. The molecule has 2 fully saturated rings. The predicted octanol–water partition coefficient (Wildman–Crippen LogP) is 1.81. The number of carbonyl (C=O) groups excluding carboxylic acids is 2. The number of hydrogen-bond acceptors (Lipinski definition) is 5. The van der Waals surface area contributed by atoms with Gasteiger partial charge >= 0.3 is 6.03 Å². The molecule has 3 heterocycles. The van der Waals surface area contributed by atoms with E-state index in [-0.39, 0.29) is 24.0 Å². The normalized spacial score (nSPS) is 27.0. The van der Waals surface area contributed by atoms with Crippen molar-refractivity contribution >= 4 is 40.2 Å². The lowest BCUT2D eigenvalue weighted by molar-refractivity contribution is -0.116. The van der Waals surface area contributed by atoms with Crippen molar-refractivity contribution in [2.45, 2.75) is 43.0 Å². The number of unbranched alkanes of at least 4 members (excludes halogenated alkanes) is 1. The first-order valence-corrected chi connectivity index (χ1v) is 9.03. The molecule has 21 heavy (non-hydrogen) atoms. The Labute approximate surface area is 131 Å². The van der Waals surface area contributed by atoms with Gasteiger partial charge in [-0.3, -0.25) is 4.79 Å². The van der Waals surface area contributed by atoms with Gasteiger partial charge in [0.2, 0.25) is 5.91 Å². The minimum absolute atomic E-state index is 0.0257. The van der Waals surface area contributed by atoms with Crippen molar-refractivity contribution in [2.24, 2.45) is 0 Å². The van der Waals surface area contributed by atoms with Gasteiger partial charge in [-0.1, -0.05) is 6.42 Å². The van der Waals surface area contributed by atoms with Gasteiger partial charge in [0.15, 0.2) is 5.13 Å². The highest BCUT2D eigenvalue weighted by Gasteiger charge is 2.42. The maximum absolute atomic E-state index is 11.7. The van der Waals surface area contributed by atoms with Gasteiger partial charge in [0, 0.05) is 29.0 Å². The topological polar surface area (TPSA) is 83.1 Å². The quantitative estimate of drug-likeness (QED) is 0.550. The van der Waals surface area contributed by atoms with Crippen LogP contribution in [0.15, 0.2) is 11.6 Å². The molecule has 8 heteroatoms. The average molecular weight is 326 g/mol. The molecule has 2 aliphatic rings. The van der Waals surface area contributed by atoms with E-state index in [1.54, 1.807) is 6.20 Å². The molecule has 114 valence electrons. The first kappa shape index (κ1) is 14.6. The van der Waals surface area contributed by atoms with Crippen molar-refractivity contribution < 1.29 is 9.59 Å². The number of amides is 3. The van der Waals surface area contributed by atoms with Crippen molar-refractivity contribution in [2.75, 3.05) is 11.1 Å². The van der Waals surface area contributed by atoms with Crippen molar-refractivity contribution in [3.63, 3.8) is 0 Å². The van der Waals surface area contributed by atoms with Crippen LogP contribution in [0.3, 0.4) is 0 Å². The number of thioether (sulfide) groups is 1. The summed E-state index contributed by atoms with van der Waals surface area (Å²) < 4.78 is 0. The molecule has 0 radical (unpaired) electrons. The van der Waals surface area contributed by atoms with E-state index in [1.807, 2.05) is 17.1 Å². The summed E-state index contributed by atoms with van der Waals surface area (Å²) >= 11 is 3.34. The van der Waals surface area contributed by atoms with Gasteiger partial charge in [0.25, 0.3) is 0 Å². The minimum atomic E-state index is -0.0434. The molecule has 1 aromatic heterocycles. The van der Waals surface area contributed by atoms with Crippen LogP contribution in [0.2, 0.25) is 0 Å². The Balaban J connectivity index is 1.33. The Morgan fingerprint density at radius 2 is 2.33 bits per heavy atom. The lowest BCUT2D eigenvalue weighted by atomic mass is 10.0. The Kier molecular flexibility index (Phi) is 4.64. The van der Waals surface area contributed by atoms with Gasteiger partial charge < -0.3 is 16.0 Å². The second kappa shape index (κ2) is 6.65. The zero-order valence-electron chi connectivity index (χ0n) is 11.5. The van der Waals surface area contributed by atoms with Crippen molar-refractivity contribution in [1.29, 1.82) is 0 Å². The summed E-state index contributed by atoms with van der Waals surface area (Å²) in [5, 5.41) is 11.7. The number of rotatable bonds is 6. The number of fused-ring (bicyclic) bond motifs is 1. The summed E-state index contributed by atoms with van der Waals surface area (Å²) in [4.78, 5) is 27.0. The highest BCUT2D eigenvalue weighted by atomic mass is 32.2. The number of carbonyl (C=O) groups is 2. The van der Waals surface area contributed by atoms with Crippen LogP contribution in [-0.4, -0.2) is 40.0 Å². The molecule has 2 saturated heterocycles. The summed E-state index contributed by atoms with van der Waals surface area (Å²) in [6, 6.07) is 0.491. The van der Waals surface area contributed by atoms with Crippen LogP contribution in [0, 0.1) is 0 Å². The van der Waals surface area contributed by atoms with E-state index in [0.29, 0.717) is 16.8 Å². The maximum Gasteiger partial charge on any atom is 0.315 e. The average Bonchev–Trinajstić information content (AvgIpc) is 3.13. The summed E-state index contributed by atoms with van der Waals surface area (Å²) in [7, 11) is 0. The summed E-state index contributed by atoms with van der Waals surface area (Å²) in [6.45, 7) is 0. The number of nitrogens with zero attached hydrogens (tertiary/aromatic N) is 1. The molecule has 3 N–H and O–H groups in total. The zero-order chi connectivity index (χ0) is 14.7. The van der Waals surface area contributed by atoms with Gasteiger partial charge in [-0.2, -0.15) is 11.8 Å². The Bertz CT molecular complexity index is 508. The van der Waals surface area contributed by atoms with Crippen LogP contribution in [0.1, 0.15) is 25.7 Å². The summed E-state index contributed by atoms with van der Waals surface area (Å²) in [6.07, 6.45) is 5.11. The van der Waals surface area contributed by atoms with Crippen LogP contribution in [0.5, 0.6) is 0 Å². The molecular formula is C13H18N4O2S2. The molecule has 0 bridgehead atoms. The standard InChI is InChI=1S/C13H18N4O2S2/c18-10(16-13-14-5-6-20-13)4-2-1-3-9-11-8(7-21-9)15-12(19)17-11/h5-6,8-9,11H,1-4,7H2,(H,14,16,18)(H2,15,17,19). The van der Waals surface area contributed by atoms with Gasteiger partial charge in [0.05, 0.1) is 12.1 Å². The molecule has 0 aliphatic carbocycles. The highest BCUT2D eigenvalue weighted by molar-refractivity contribution is 8.00. The third-order valence-corrected chi connectivity index (χ3v) is 5.96. The molecule has 3 atom stereocenters. The molecule has 0 saturated carbocycles. The smallest absolute Gasteiger partial charge is 0.315 e. The van der Waals surface area contributed by atoms with Crippen molar-refractivity contribution in [3.05, 3.63) is 11.6 Å². The predicted molar refractivity (Wildman–Crippen MR) is 84.7 cm³/mol. The van der Waals surface area contributed by atoms with E-state index in [4.69, 9.17) is 0 Å². The number of hydrogen-bond donors (Lipinski definition) is 3. The molecule has 2 aliphatic heterocycles. The lowest BCUT2D eigenvalue weighted by Crippen LogP contribution is -2.36. The largest absolute Gasteiger partial charge is 0.332 e. The molecule has 0 spiro atoms. The molecule has 6 nitrogen and oxygen atoms in total. The second-order valence-electron chi connectivity index (χ2n) is 5.25. The van der Waals surface area contributed by atoms with E-state index >= 15 is 0 Å². The van der Waals surface area contributed by atoms with E-state index in [1.165, 1.54) is 11.3 Å². The fourth-order valence-corrected chi connectivity index (χ4v) is 4.83. The summed E-state index contributed by atoms with van der Waals surface area (Å²) in [5.41, 5.74) is 0. The lowest BCUT2D eigenvalue weighted by Gasteiger charge is -2.16. The monoisotopic (exact) mass is 326 g/mol. The van der Waals surface area contributed by atoms with Crippen LogP contribution in [0.25, 0.3) is 0 Å². The van der Waals surface area contributed by atoms with E-state index < -0.39 is 0 Å². The number of aromatic nitrogens is 1. The Hall–Kier alpha value is -1.28. The summed E-state index contributed by atoms with van der Waals surface area (Å²) in [5.74, 6) is 1.01. The van der Waals surface area contributed by atoms with Gasteiger partial charge in [0.1, 0.15) is 0 Å². The van der Waals surface area contributed by atoms with Gasteiger partial charge in [-0.15, -0.1) is 11.3 Å². The molecule has 0 aromatic carbocycles. The molecular weight excluding hydrogens is 308 g/mol. The maximum atomic E-state index is 11.7. The van der Waals surface area contributed by atoms with Crippen molar-refractivity contribution in [1.82, 2.24) is 15.6 Å². The van der Waals surface area contributed by atoms with E-state index in [2.05, 4.69) is 20.9 Å². The van der Waals surface area contributed by atoms with Crippen LogP contribution >= 0.6 is 23.1 Å². The SMILES string of the molecule is O=C(CCCCC1SCC2NC(=O)NC21)Nc1nccs1. The molecule has 3 amide bonds. The fourth-order valence-electron chi connectivity index (χ4n) is 2.74. The fraction of sp³-hybridized carbons (Fsp3) is 0.615. The van der Waals surface area contributed by atoms with E-state index in [0.717, 1.165) is 25.0 Å². The molecule has 3 unspecified atom stereocenters. The van der Waals surface area contributed by atoms with Gasteiger partial charge in [-0.25, -0.2) is 9.78 Å². The van der Waals surface area contributed by atoms with Crippen molar-refractivity contribution in [3.8, 4) is 0 Å². The zero-order valence-corrected chi connectivity index (χ0v) is 13.1. The number of thiazole rings is 1. The molecule has 1 aromatic rings. The highest BCUT2D eigenvalue weighted by Crippen LogP contribution is 2.33. The van der Waals surface area contributed by atoms with Crippen LogP contribution < -0.4 is 16.0 Å². The van der Waals surface area contributed by atoms with Crippen LogP contribution in [0.4, 0.5) is 9.93 Å². The third kappa shape index (κ3) is 3.68. The molecule has 3 rings (SSSR count). The van der Waals surface area contributed by atoms with E-state index in [9.17, 15) is 9.59 Å². The number of anilines is 1. The second-order valence-corrected chi connectivity index (χ2v) is 7.42. The Morgan fingerprint density at radius 3 is 3.14 bits per heavy atom. The van der Waals surface area contributed by atoms with Gasteiger partial charge in [-0.05, 0) is 12.8 Å². The first-order valence-electron chi connectivity index (χ1n) is 7.10. The Morgan fingerprint density at radius 1 is 1.43 bits per heavy atom. The third-order valence-electron chi connectivity index (χ3n) is 3.76. The number of urea groups is 1.